The summed E-state index contributed by atoms with van der Waals surface area (Å²) in [6.07, 6.45) is 5.53. The predicted octanol–water partition coefficient (Wildman–Crippen LogP) is 4.64. The number of ether oxygens (including phenoxy) is 1. The van der Waals surface area contributed by atoms with Gasteiger partial charge in [-0.15, -0.1) is 0 Å². The number of hydrogen-bond acceptors (Lipinski definition) is 6. The van der Waals surface area contributed by atoms with Gasteiger partial charge < -0.3 is 9.57 Å². The van der Waals surface area contributed by atoms with Crippen LogP contribution in [0.15, 0.2) is 24.3 Å². The third kappa shape index (κ3) is 3.90. The molecule has 0 aliphatic heterocycles. The Hall–Kier alpha value is -2.41. The fourth-order valence-electron chi connectivity index (χ4n) is 4.28. The second kappa shape index (κ2) is 7.91. The van der Waals surface area contributed by atoms with Gasteiger partial charge in [0.25, 0.3) is 0 Å². The van der Waals surface area contributed by atoms with E-state index in [-0.39, 0.29) is 28.7 Å². The fourth-order valence-corrected chi connectivity index (χ4v) is 4.46. The molecule has 0 radical (unpaired) electrons. The average molecular weight is 406 g/mol. The van der Waals surface area contributed by atoms with Crippen molar-refractivity contribution in [2.75, 3.05) is 12.6 Å². The van der Waals surface area contributed by atoms with Gasteiger partial charge >= 0.3 is 5.97 Å². The van der Waals surface area contributed by atoms with Crippen molar-refractivity contribution in [2.45, 2.75) is 32.1 Å². The van der Waals surface area contributed by atoms with Crippen LogP contribution in [0.2, 0.25) is 5.28 Å². The van der Waals surface area contributed by atoms with Crippen molar-refractivity contribution in [1.82, 2.24) is 9.97 Å². The molecule has 5 rings (SSSR count). The van der Waals surface area contributed by atoms with Crippen LogP contribution in [0.4, 0.5) is 10.2 Å². The lowest BCUT2D eigenvalue weighted by molar-refractivity contribution is -0.151. The molecule has 8 heteroatoms. The molecule has 3 saturated carbocycles. The molecule has 2 bridgehead atoms. The molecule has 1 aromatic carbocycles. The molecule has 28 heavy (non-hydrogen) atoms. The highest BCUT2D eigenvalue weighted by Gasteiger charge is 2.40. The third-order valence-electron chi connectivity index (χ3n) is 5.75. The number of methoxy groups -OCH3 is 1. The van der Waals surface area contributed by atoms with Gasteiger partial charge in [-0.2, -0.15) is 4.98 Å². The summed E-state index contributed by atoms with van der Waals surface area (Å²) < 4.78 is 18.6. The molecule has 0 spiro atoms. The first-order valence-corrected chi connectivity index (χ1v) is 9.76. The first-order chi connectivity index (χ1) is 13.5. The number of fused-ring (bicyclic) bond motifs is 3. The third-order valence-corrected chi connectivity index (χ3v) is 5.92. The van der Waals surface area contributed by atoms with Gasteiger partial charge in [0.2, 0.25) is 5.28 Å². The SMILES string of the molecule is COc1cc(-c2cc(NOC(=O)C3CC4CCC3CC4)nc(Cl)n2)ccc1F. The number of hydrogen-bond donors (Lipinski definition) is 1. The van der Waals surface area contributed by atoms with E-state index < -0.39 is 5.82 Å². The van der Waals surface area contributed by atoms with Crippen molar-refractivity contribution in [2.24, 2.45) is 17.8 Å². The molecule has 3 fully saturated rings. The Kier molecular flexibility index (Phi) is 5.35. The van der Waals surface area contributed by atoms with E-state index in [2.05, 4.69) is 15.4 Å². The largest absolute Gasteiger partial charge is 0.494 e. The van der Waals surface area contributed by atoms with Crippen LogP contribution in [-0.2, 0) is 9.63 Å². The smallest absolute Gasteiger partial charge is 0.335 e. The van der Waals surface area contributed by atoms with Gasteiger partial charge in [-0.05, 0) is 60.9 Å². The summed E-state index contributed by atoms with van der Waals surface area (Å²) in [6, 6.07) is 5.95. The van der Waals surface area contributed by atoms with Gasteiger partial charge in [0.05, 0.1) is 18.7 Å². The van der Waals surface area contributed by atoms with Crippen LogP contribution in [0.1, 0.15) is 32.1 Å². The zero-order valence-electron chi connectivity index (χ0n) is 15.5. The van der Waals surface area contributed by atoms with Crippen molar-refractivity contribution in [3.8, 4) is 17.0 Å². The summed E-state index contributed by atoms with van der Waals surface area (Å²) in [5, 5.41) is -0.0175. The molecule has 6 nitrogen and oxygen atoms in total. The topological polar surface area (TPSA) is 73.3 Å². The Bertz CT molecular complexity index is 887. The zero-order chi connectivity index (χ0) is 19.7. The predicted molar refractivity (Wildman–Crippen MR) is 102 cm³/mol. The first kappa shape index (κ1) is 18.9. The number of benzene rings is 1. The van der Waals surface area contributed by atoms with Crippen LogP contribution in [-0.4, -0.2) is 23.0 Å². The van der Waals surface area contributed by atoms with Crippen molar-refractivity contribution in [3.63, 3.8) is 0 Å². The van der Waals surface area contributed by atoms with E-state index in [4.69, 9.17) is 21.2 Å². The molecule has 2 aromatic rings. The number of rotatable bonds is 5. The van der Waals surface area contributed by atoms with Crippen LogP contribution in [0.3, 0.4) is 0 Å². The monoisotopic (exact) mass is 405 g/mol. The maximum Gasteiger partial charge on any atom is 0.335 e. The summed E-state index contributed by atoms with van der Waals surface area (Å²) in [5.41, 5.74) is 3.65. The molecular formula is C20H21ClFN3O3. The molecule has 148 valence electrons. The highest BCUT2D eigenvalue weighted by Crippen LogP contribution is 2.45. The Morgan fingerprint density at radius 1 is 1.21 bits per heavy atom. The van der Waals surface area contributed by atoms with E-state index in [1.807, 2.05) is 0 Å². The minimum Gasteiger partial charge on any atom is -0.494 e. The molecule has 1 aromatic heterocycles. The molecule has 0 amide bonds. The van der Waals surface area contributed by atoms with Crippen molar-refractivity contribution in [3.05, 3.63) is 35.4 Å². The normalized spacial score (nSPS) is 23.3. The minimum atomic E-state index is -0.472. The van der Waals surface area contributed by atoms with E-state index in [9.17, 15) is 9.18 Å². The van der Waals surface area contributed by atoms with Gasteiger partial charge in [-0.25, -0.2) is 19.6 Å². The quantitative estimate of drug-likeness (QED) is 0.577. The minimum absolute atomic E-state index is 0.0175. The summed E-state index contributed by atoms with van der Waals surface area (Å²) >= 11 is 6.01. The Labute approximate surface area is 167 Å². The van der Waals surface area contributed by atoms with E-state index >= 15 is 0 Å². The van der Waals surface area contributed by atoms with Crippen LogP contribution in [0, 0.1) is 23.6 Å². The highest BCUT2D eigenvalue weighted by atomic mass is 35.5. The molecule has 1 unspecified atom stereocenters. The number of halogens is 2. The number of carbonyl (C=O) groups is 1. The molecule has 1 heterocycles. The number of anilines is 1. The lowest BCUT2D eigenvalue weighted by Crippen LogP contribution is -2.37. The number of nitrogens with one attached hydrogen (secondary N) is 1. The van der Waals surface area contributed by atoms with Gasteiger partial charge in [0.15, 0.2) is 17.4 Å². The Balaban J connectivity index is 1.47. The molecule has 3 aliphatic carbocycles. The maximum absolute atomic E-state index is 13.6. The van der Waals surface area contributed by atoms with Gasteiger partial charge in [0, 0.05) is 11.6 Å². The maximum atomic E-state index is 13.6. The molecule has 3 aliphatic rings. The van der Waals surface area contributed by atoms with E-state index in [0.717, 1.165) is 19.3 Å². The summed E-state index contributed by atoms with van der Waals surface area (Å²) in [6.45, 7) is 0. The van der Waals surface area contributed by atoms with Crippen LogP contribution < -0.4 is 10.2 Å². The van der Waals surface area contributed by atoms with Crippen LogP contribution in [0.5, 0.6) is 5.75 Å². The van der Waals surface area contributed by atoms with Crippen LogP contribution in [0.25, 0.3) is 11.3 Å². The summed E-state index contributed by atoms with van der Waals surface area (Å²) in [5.74, 6) is 0.618. The van der Waals surface area contributed by atoms with Crippen molar-refractivity contribution >= 4 is 23.4 Å². The molecule has 1 atom stereocenters. The number of carbonyl (C=O) groups excluding carboxylic acids is 1. The van der Waals surface area contributed by atoms with Gasteiger partial charge in [-0.3, -0.25) is 0 Å². The highest BCUT2D eigenvalue weighted by molar-refractivity contribution is 6.28. The lowest BCUT2D eigenvalue weighted by atomic mass is 9.65. The lowest BCUT2D eigenvalue weighted by Gasteiger charge is -2.40. The van der Waals surface area contributed by atoms with E-state index in [1.165, 1.54) is 32.1 Å². The standard InChI is InChI=1S/C20H21ClFN3O3/c1-27-17-9-13(6-7-15(17)22)16-10-18(24-20(21)23-16)25-28-19(26)14-8-11-2-4-12(14)5-3-11/h6-7,9-12,14H,2-5,8H2,1H3,(H,23,24,25). The second-order valence-corrected chi connectivity index (χ2v) is 7.74. The summed E-state index contributed by atoms with van der Waals surface area (Å²) in [7, 11) is 1.39. The first-order valence-electron chi connectivity index (χ1n) is 9.38. The molecule has 0 saturated heterocycles. The fraction of sp³-hybridized carbons (Fsp3) is 0.450. The number of aromatic nitrogens is 2. The van der Waals surface area contributed by atoms with Crippen LogP contribution >= 0.6 is 11.6 Å². The Morgan fingerprint density at radius 3 is 2.68 bits per heavy atom. The average Bonchev–Trinajstić information content (AvgIpc) is 2.72. The second-order valence-electron chi connectivity index (χ2n) is 7.40. The van der Waals surface area contributed by atoms with E-state index in [0.29, 0.717) is 23.1 Å². The Morgan fingerprint density at radius 2 is 2.00 bits per heavy atom. The van der Waals surface area contributed by atoms with Crippen molar-refractivity contribution in [1.29, 1.82) is 0 Å². The van der Waals surface area contributed by atoms with Gasteiger partial charge in [0.1, 0.15) is 0 Å². The molecular weight excluding hydrogens is 385 g/mol. The molecule has 1 N–H and O–H groups in total. The number of nitrogens with zero attached hydrogens (tertiary/aromatic N) is 2. The summed E-state index contributed by atoms with van der Waals surface area (Å²) in [4.78, 5) is 26.0. The van der Waals surface area contributed by atoms with E-state index in [1.54, 1.807) is 12.1 Å². The van der Waals surface area contributed by atoms with Gasteiger partial charge in [-0.1, -0.05) is 12.8 Å². The van der Waals surface area contributed by atoms with Crippen molar-refractivity contribution < 1.29 is 18.8 Å². The zero-order valence-corrected chi connectivity index (χ0v) is 16.2.